The number of ether oxygens (including phenoxy) is 1. The van der Waals surface area contributed by atoms with Gasteiger partial charge >= 0.3 is 6.09 Å². The van der Waals surface area contributed by atoms with Gasteiger partial charge in [-0.1, -0.05) is 23.7 Å². The molecule has 2 N–H and O–H groups in total. The van der Waals surface area contributed by atoms with Gasteiger partial charge in [0.05, 0.1) is 0 Å². The van der Waals surface area contributed by atoms with Crippen molar-refractivity contribution in [2.24, 2.45) is 11.7 Å². The van der Waals surface area contributed by atoms with E-state index in [0.29, 0.717) is 19.0 Å². The molecule has 0 aliphatic carbocycles. The Morgan fingerprint density at radius 2 is 2.14 bits per heavy atom. The largest absolute Gasteiger partial charge is 0.444 e. The summed E-state index contributed by atoms with van der Waals surface area (Å²) < 4.78 is 5.45. The minimum absolute atomic E-state index is 0.00884. The van der Waals surface area contributed by atoms with Crippen LogP contribution < -0.4 is 5.73 Å². The van der Waals surface area contributed by atoms with Crippen molar-refractivity contribution < 1.29 is 9.53 Å². The molecule has 1 amide bonds. The molecule has 1 fully saturated rings. The minimum Gasteiger partial charge on any atom is -0.444 e. The van der Waals surface area contributed by atoms with Crippen LogP contribution in [0.2, 0.25) is 5.02 Å². The van der Waals surface area contributed by atoms with Crippen molar-refractivity contribution in [1.29, 1.82) is 0 Å². The van der Waals surface area contributed by atoms with Crippen LogP contribution in [0.25, 0.3) is 0 Å². The number of likely N-dealkylation sites (tertiary alicyclic amines) is 1. The number of carbonyl (C=O) groups excluding carboxylic acids is 1. The lowest BCUT2D eigenvalue weighted by molar-refractivity contribution is 0.0145. The predicted molar refractivity (Wildman–Crippen MR) is 89.0 cm³/mol. The summed E-state index contributed by atoms with van der Waals surface area (Å²) in [6.45, 7) is 6.85. The number of rotatable bonds is 2. The molecule has 0 radical (unpaired) electrons. The van der Waals surface area contributed by atoms with Crippen LogP contribution in [0.3, 0.4) is 0 Å². The van der Waals surface area contributed by atoms with Crippen LogP contribution in [0.4, 0.5) is 4.79 Å². The fraction of sp³-hybridized carbons (Fsp3) is 0.588. The molecule has 2 atom stereocenters. The molecule has 0 bridgehead atoms. The van der Waals surface area contributed by atoms with Crippen LogP contribution in [0, 0.1) is 5.92 Å². The lowest BCUT2D eigenvalue weighted by Crippen LogP contribution is -2.51. The minimum atomic E-state index is -0.485. The number of hydrogen-bond acceptors (Lipinski definition) is 3. The molecule has 2 rings (SSSR count). The fourth-order valence-corrected chi connectivity index (χ4v) is 3.08. The van der Waals surface area contributed by atoms with Gasteiger partial charge in [-0.3, -0.25) is 0 Å². The van der Waals surface area contributed by atoms with Gasteiger partial charge in [0.2, 0.25) is 0 Å². The lowest BCUT2D eigenvalue weighted by atomic mass is 9.89. The van der Waals surface area contributed by atoms with Crippen molar-refractivity contribution in [3.8, 4) is 0 Å². The van der Waals surface area contributed by atoms with E-state index < -0.39 is 5.60 Å². The van der Waals surface area contributed by atoms with Gasteiger partial charge in [-0.25, -0.2) is 4.79 Å². The molecule has 2 unspecified atom stereocenters. The van der Waals surface area contributed by atoms with Crippen molar-refractivity contribution >= 4 is 17.7 Å². The van der Waals surface area contributed by atoms with Gasteiger partial charge in [-0.2, -0.15) is 0 Å². The molecular formula is C17H25ClN2O2. The molecule has 5 heteroatoms. The van der Waals surface area contributed by atoms with Crippen LogP contribution in [-0.2, 0) is 11.2 Å². The summed E-state index contributed by atoms with van der Waals surface area (Å²) in [4.78, 5) is 14.0. The summed E-state index contributed by atoms with van der Waals surface area (Å²) in [5.74, 6) is 0.328. The number of carbonyl (C=O) groups is 1. The standard InChI is InChI=1S/C17H25ClN2O2/c1-17(2,3)22-16(21)20-10-13(9-15(19)11-20)7-12-5-4-6-14(18)8-12/h4-6,8,13,15H,7,9-11,19H2,1-3H3. The van der Waals surface area contributed by atoms with Gasteiger partial charge < -0.3 is 15.4 Å². The molecule has 4 nitrogen and oxygen atoms in total. The van der Waals surface area contributed by atoms with E-state index in [1.54, 1.807) is 4.90 Å². The van der Waals surface area contributed by atoms with E-state index in [2.05, 4.69) is 6.07 Å². The second-order valence-corrected chi connectivity index (χ2v) is 7.52. The Hall–Kier alpha value is -1.26. The average Bonchev–Trinajstić information content (AvgIpc) is 2.36. The summed E-state index contributed by atoms with van der Waals surface area (Å²) in [7, 11) is 0. The van der Waals surface area contributed by atoms with Crippen LogP contribution >= 0.6 is 11.6 Å². The molecule has 1 aliphatic heterocycles. The highest BCUT2D eigenvalue weighted by atomic mass is 35.5. The maximum atomic E-state index is 12.2. The molecule has 0 aromatic heterocycles. The van der Waals surface area contributed by atoms with Crippen molar-refractivity contribution in [1.82, 2.24) is 4.90 Å². The summed E-state index contributed by atoms with van der Waals surface area (Å²) in [6, 6.07) is 7.84. The monoisotopic (exact) mass is 324 g/mol. The molecular weight excluding hydrogens is 300 g/mol. The number of piperidine rings is 1. The smallest absolute Gasteiger partial charge is 0.410 e. The normalized spacial score (nSPS) is 22.5. The number of halogens is 1. The zero-order valence-electron chi connectivity index (χ0n) is 13.5. The van der Waals surface area contributed by atoms with Gasteiger partial charge in [-0.05, 0) is 57.2 Å². The SMILES string of the molecule is CC(C)(C)OC(=O)N1CC(N)CC(Cc2cccc(Cl)c2)C1. The van der Waals surface area contributed by atoms with E-state index in [0.717, 1.165) is 17.9 Å². The zero-order chi connectivity index (χ0) is 16.3. The predicted octanol–water partition coefficient (Wildman–Crippen LogP) is 3.47. The van der Waals surface area contributed by atoms with Crippen LogP contribution in [0.15, 0.2) is 24.3 Å². The molecule has 0 saturated carbocycles. The Bertz CT molecular complexity index is 528. The highest BCUT2D eigenvalue weighted by Crippen LogP contribution is 2.23. The Morgan fingerprint density at radius 1 is 1.41 bits per heavy atom. The zero-order valence-corrected chi connectivity index (χ0v) is 14.3. The van der Waals surface area contributed by atoms with Crippen LogP contribution in [0.5, 0.6) is 0 Å². The van der Waals surface area contributed by atoms with Gasteiger partial charge in [0.15, 0.2) is 0 Å². The number of nitrogens with two attached hydrogens (primary N) is 1. The van der Waals surface area contributed by atoms with Gasteiger partial charge in [-0.15, -0.1) is 0 Å². The number of nitrogens with zero attached hydrogens (tertiary/aromatic N) is 1. The molecule has 1 aliphatic rings. The van der Waals surface area contributed by atoms with Gasteiger partial charge in [0.25, 0.3) is 0 Å². The Kier molecular flexibility index (Phi) is 5.35. The molecule has 122 valence electrons. The van der Waals surface area contributed by atoms with Crippen molar-refractivity contribution in [3.63, 3.8) is 0 Å². The first-order valence-electron chi connectivity index (χ1n) is 7.71. The molecule has 0 spiro atoms. The van der Waals surface area contributed by atoms with Gasteiger partial charge in [0.1, 0.15) is 5.60 Å². The summed E-state index contributed by atoms with van der Waals surface area (Å²) in [5, 5.41) is 0.738. The number of benzene rings is 1. The maximum Gasteiger partial charge on any atom is 0.410 e. The molecule has 1 aromatic carbocycles. The molecule has 1 heterocycles. The second kappa shape index (κ2) is 6.88. The first kappa shape index (κ1) is 17.1. The van der Waals surface area contributed by atoms with E-state index in [4.69, 9.17) is 22.1 Å². The summed E-state index contributed by atoms with van der Waals surface area (Å²) >= 11 is 6.03. The van der Waals surface area contributed by atoms with E-state index in [1.165, 1.54) is 5.56 Å². The average molecular weight is 325 g/mol. The van der Waals surface area contributed by atoms with E-state index in [-0.39, 0.29) is 12.1 Å². The lowest BCUT2D eigenvalue weighted by Gasteiger charge is -2.37. The Labute approximate surface area is 137 Å². The van der Waals surface area contributed by atoms with Crippen molar-refractivity contribution in [2.45, 2.75) is 45.3 Å². The maximum absolute atomic E-state index is 12.2. The highest BCUT2D eigenvalue weighted by Gasteiger charge is 2.31. The van der Waals surface area contributed by atoms with Gasteiger partial charge in [0, 0.05) is 24.2 Å². The first-order chi connectivity index (χ1) is 10.2. The van der Waals surface area contributed by atoms with Crippen molar-refractivity contribution in [2.75, 3.05) is 13.1 Å². The third kappa shape index (κ3) is 5.18. The highest BCUT2D eigenvalue weighted by molar-refractivity contribution is 6.30. The number of hydrogen-bond donors (Lipinski definition) is 1. The number of amides is 1. The molecule has 1 aromatic rings. The second-order valence-electron chi connectivity index (χ2n) is 7.08. The van der Waals surface area contributed by atoms with Crippen molar-refractivity contribution in [3.05, 3.63) is 34.9 Å². The van der Waals surface area contributed by atoms with E-state index in [9.17, 15) is 4.79 Å². The quantitative estimate of drug-likeness (QED) is 0.906. The topological polar surface area (TPSA) is 55.6 Å². The summed E-state index contributed by atoms with van der Waals surface area (Å²) in [6.07, 6.45) is 1.50. The Balaban J connectivity index is 2.00. The first-order valence-corrected chi connectivity index (χ1v) is 8.08. The Morgan fingerprint density at radius 3 is 2.77 bits per heavy atom. The van der Waals surface area contributed by atoms with E-state index >= 15 is 0 Å². The fourth-order valence-electron chi connectivity index (χ4n) is 2.87. The van der Waals surface area contributed by atoms with Crippen LogP contribution in [0.1, 0.15) is 32.8 Å². The summed E-state index contributed by atoms with van der Waals surface area (Å²) in [5.41, 5.74) is 6.82. The third-order valence-corrected chi connectivity index (χ3v) is 3.87. The van der Waals surface area contributed by atoms with Crippen LogP contribution in [-0.4, -0.2) is 35.7 Å². The molecule has 22 heavy (non-hydrogen) atoms. The third-order valence-electron chi connectivity index (χ3n) is 3.63. The van der Waals surface area contributed by atoms with E-state index in [1.807, 2.05) is 39.0 Å². The molecule has 1 saturated heterocycles.